The van der Waals surface area contributed by atoms with Gasteiger partial charge < -0.3 is 4.42 Å². The highest BCUT2D eigenvalue weighted by molar-refractivity contribution is 6.24. The van der Waals surface area contributed by atoms with Crippen molar-refractivity contribution in [2.75, 3.05) is 0 Å². The summed E-state index contributed by atoms with van der Waals surface area (Å²) in [6.07, 6.45) is 0. The van der Waals surface area contributed by atoms with Crippen LogP contribution in [0, 0.1) is 0 Å². The maximum Gasteiger partial charge on any atom is 0.136 e. The van der Waals surface area contributed by atoms with Crippen LogP contribution in [-0.2, 0) is 0 Å². The van der Waals surface area contributed by atoms with Gasteiger partial charge in [0, 0.05) is 16.3 Å². The van der Waals surface area contributed by atoms with E-state index in [1.54, 1.807) is 0 Å². The van der Waals surface area contributed by atoms with Gasteiger partial charge in [-0.3, -0.25) is 0 Å². The molecule has 0 aliphatic carbocycles. The minimum absolute atomic E-state index is 0.882. The van der Waals surface area contributed by atoms with Gasteiger partial charge in [-0.15, -0.1) is 0 Å². The lowest BCUT2D eigenvalue weighted by Gasteiger charge is -2.20. The maximum absolute atomic E-state index is 6.69. The molecule has 1 aromatic heterocycles. The Morgan fingerprint density at radius 2 is 0.764 bits per heavy atom. The molecule has 55 heavy (non-hydrogen) atoms. The van der Waals surface area contributed by atoms with Crippen LogP contribution in [0.1, 0.15) is 0 Å². The van der Waals surface area contributed by atoms with Crippen LogP contribution >= 0.6 is 0 Å². The molecule has 1 heteroatoms. The summed E-state index contributed by atoms with van der Waals surface area (Å²) in [5.41, 5.74) is 13.8. The molecule has 11 rings (SSSR count). The molecule has 1 nitrogen and oxygen atoms in total. The van der Waals surface area contributed by atoms with Crippen LogP contribution in [0.15, 0.2) is 211 Å². The van der Waals surface area contributed by atoms with Gasteiger partial charge in [-0.1, -0.05) is 176 Å². The highest BCUT2D eigenvalue weighted by Crippen LogP contribution is 2.49. The van der Waals surface area contributed by atoms with E-state index < -0.39 is 0 Å². The van der Waals surface area contributed by atoms with Gasteiger partial charge >= 0.3 is 0 Å². The molecule has 0 aliphatic rings. The predicted molar refractivity (Wildman–Crippen MR) is 233 cm³/mol. The quantitative estimate of drug-likeness (QED) is 0.163. The van der Waals surface area contributed by atoms with E-state index in [1.165, 1.54) is 88.0 Å². The van der Waals surface area contributed by atoms with Crippen molar-refractivity contribution < 1.29 is 4.42 Å². The molecule has 0 spiro atoms. The molecule has 0 saturated carbocycles. The molecule has 1 heterocycles. The Bertz CT molecular complexity index is 3170. The monoisotopic (exact) mass is 698 g/mol. The van der Waals surface area contributed by atoms with Crippen LogP contribution in [0.4, 0.5) is 0 Å². The van der Waals surface area contributed by atoms with Crippen LogP contribution in [-0.4, -0.2) is 0 Å². The average molecular weight is 699 g/mol. The van der Waals surface area contributed by atoms with Crippen LogP contribution in [0.2, 0.25) is 0 Å². The Morgan fingerprint density at radius 1 is 0.255 bits per heavy atom. The van der Waals surface area contributed by atoms with Gasteiger partial charge in [-0.05, 0) is 113 Å². The van der Waals surface area contributed by atoms with Gasteiger partial charge in [0.05, 0.1) is 0 Å². The average Bonchev–Trinajstić information content (AvgIpc) is 3.64. The van der Waals surface area contributed by atoms with Crippen LogP contribution in [0.5, 0.6) is 0 Å². The van der Waals surface area contributed by atoms with Gasteiger partial charge in [-0.2, -0.15) is 0 Å². The molecule has 0 aliphatic heterocycles. The smallest absolute Gasteiger partial charge is 0.136 e. The van der Waals surface area contributed by atoms with Crippen molar-refractivity contribution in [1.82, 2.24) is 0 Å². The van der Waals surface area contributed by atoms with E-state index in [0.29, 0.717) is 0 Å². The number of hydrogen-bond acceptors (Lipinski definition) is 1. The Kier molecular flexibility index (Phi) is 7.25. The molecule has 0 bridgehead atoms. The lowest BCUT2D eigenvalue weighted by Crippen LogP contribution is -1.93. The van der Waals surface area contributed by atoms with Crippen molar-refractivity contribution in [3.63, 3.8) is 0 Å². The number of fused-ring (bicyclic) bond motifs is 6. The first kappa shape index (κ1) is 31.3. The Labute approximate surface area is 319 Å². The Balaban J connectivity index is 1.28. The minimum atomic E-state index is 0.882. The van der Waals surface area contributed by atoms with E-state index in [4.69, 9.17) is 4.42 Å². The highest BCUT2D eigenvalue weighted by atomic mass is 16.3. The zero-order valence-corrected chi connectivity index (χ0v) is 30.0. The van der Waals surface area contributed by atoms with Crippen molar-refractivity contribution in [3.05, 3.63) is 206 Å². The summed E-state index contributed by atoms with van der Waals surface area (Å²) in [6, 6.07) is 74.7. The standard InChI is InChI=1S/C54H34O/c1-4-16-35(17-5-1)38-28-30-49-48(33-38)54-50(55-49)31-29-42(36-18-6-2-7-19-36)53(54)47-34-40(32-39-22-10-11-23-41(39)47)52-45-26-14-12-24-43(45)51(37-20-8-3-9-21-37)44-25-13-15-27-46(44)52/h1-34H. The number of rotatable bonds is 5. The minimum Gasteiger partial charge on any atom is -0.456 e. The van der Waals surface area contributed by atoms with Gasteiger partial charge in [0.1, 0.15) is 11.2 Å². The lowest BCUT2D eigenvalue weighted by molar-refractivity contribution is 0.669. The zero-order chi connectivity index (χ0) is 36.3. The van der Waals surface area contributed by atoms with Crippen LogP contribution < -0.4 is 0 Å². The van der Waals surface area contributed by atoms with Gasteiger partial charge in [-0.25, -0.2) is 0 Å². The van der Waals surface area contributed by atoms with Crippen molar-refractivity contribution in [3.8, 4) is 55.6 Å². The second-order valence-corrected chi connectivity index (χ2v) is 14.4. The van der Waals surface area contributed by atoms with E-state index in [-0.39, 0.29) is 0 Å². The lowest BCUT2D eigenvalue weighted by atomic mass is 9.83. The Morgan fingerprint density at radius 3 is 1.40 bits per heavy atom. The molecule has 0 saturated heterocycles. The molecule has 0 unspecified atom stereocenters. The van der Waals surface area contributed by atoms with Gasteiger partial charge in [0.2, 0.25) is 0 Å². The van der Waals surface area contributed by atoms with E-state index in [9.17, 15) is 0 Å². The fourth-order valence-electron chi connectivity index (χ4n) is 8.83. The molecule has 0 amide bonds. The van der Waals surface area contributed by atoms with Gasteiger partial charge in [0.15, 0.2) is 0 Å². The summed E-state index contributed by atoms with van der Waals surface area (Å²) in [5.74, 6) is 0. The van der Waals surface area contributed by atoms with Crippen molar-refractivity contribution in [1.29, 1.82) is 0 Å². The maximum atomic E-state index is 6.69. The number of benzene rings is 10. The molecule has 0 radical (unpaired) electrons. The van der Waals surface area contributed by atoms with Gasteiger partial charge in [0.25, 0.3) is 0 Å². The fraction of sp³-hybridized carbons (Fsp3) is 0. The molecular weight excluding hydrogens is 665 g/mol. The molecular formula is C54H34O. The van der Waals surface area contributed by atoms with Crippen molar-refractivity contribution >= 4 is 54.3 Å². The number of furan rings is 1. The molecule has 0 N–H and O–H groups in total. The summed E-state index contributed by atoms with van der Waals surface area (Å²) in [7, 11) is 0. The summed E-state index contributed by atoms with van der Waals surface area (Å²) in [4.78, 5) is 0. The molecule has 256 valence electrons. The second-order valence-electron chi connectivity index (χ2n) is 14.4. The fourth-order valence-corrected chi connectivity index (χ4v) is 8.83. The molecule has 11 aromatic rings. The number of hydrogen-bond donors (Lipinski definition) is 0. The third kappa shape index (κ3) is 5.09. The van der Waals surface area contributed by atoms with Crippen molar-refractivity contribution in [2.45, 2.75) is 0 Å². The topological polar surface area (TPSA) is 13.1 Å². The summed E-state index contributed by atoms with van der Waals surface area (Å²) < 4.78 is 6.69. The Hall–Kier alpha value is -7.22. The first-order valence-electron chi connectivity index (χ1n) is 18.9. The largest absolute Gasteiger partial charge is 0.456 e. The highest BCUT2D eigenvalue weighted by Gasteiger charge is 2.23. The van der Waals surface area contributed by atoms with Crippen LogP contribution in [0.3, 0.4) is 0 Å². The van der Waals surface area contributed by atoms with Crippen molar-refractivity contribution in [2.24, 2.45) is 0 Å². The van der Waals surface area contributed by atoms with E-state index in [1.807, 2.05) is 0 Å². The van der Waals surface area contributed by atoms with E-state index in [2.05, 4.69) is 206 Å². The summed E-state index contributed by atoms with van der Waals surface area (Å²) in [6.45, 7) is 0. The predicted octanol–water partition coefficient (Wildman–Crippen LogP) is 15.4. The normalized spacial score (nSPS) is 11.6. The first-order chi connectivity index (χ1) is 27.3. The third-order valence-corrected chi connectivity index (χ3v) is 11.2. The third-order valence-electron chi connectivity index (χ3n) is 11.2. The molecule has 10 aromatic carbocycles. The van der Waals surface area contributed by atoms with E-state index >= 15 is 0 Å². The molecule has 0 fully saturated rings. The van der Waals surface area contributed by atoms with E-state index in [0.717, 1.165) is 21.9 Å². The first-order valence-corrected chi connectivity index (χ1v) is 18.9. The SMILES string of the molecule is c1ccc(-c2ccc3oc4ccc(-c5ccccc5)c(-c5cc(-c6c7ccccc7c(-c7ccccc7)c7ccccc67)cc6ccccc56)c4c3c2)cc1. The summed E-state index contributed by atoms with van der Waals surface area (Å²) >= 11 is 0. The summed E-state index contributed by atoms with van der Waals surface area (Å²) in [5, 5.41) is 9.63. The second kappa shape index (κ2) is 12.7. The zero-order valence-electron chi connectivity index (χ0n) is 30.0. The molecule has 0 atom stereocenters. The van der Waals surface area contributed by atoms with Crippen LogP contribution in [0.25, 0.3) is 110 Å².